The SMILES string of the molecule is CCCCCCCCCCCCCCCCCC([O-])=NCCCCS(=O)(=O)O.[Na+]. The molecule has 0 amide bonds. The van der Waals surface area contributed by atoms with E-state index in [0.29, 0.717) is 25.8 Å². The normalized spacial score (nSPS) is 12.1. The van der Waals surface area contributed by atoms with Crippen molar-refractivity contribution in [2.24, 2.45) is 4.99 Å². The van der Waals surface area contributed by atoms with Crippen molar-refractivity contribution in [1.29, 1.82) is 0 Å². The number of nitrogens with zero attached hydrogens (tertiary/aromatic N) is 1. The topological polar surface area (TPSA) is 89.8 Å². The molecule has 0 atom stereocenters. The minimum Gasteiger partial charge on any atom is -0.862 e. The van der Waals surface area contributed by atoms with Crippen molar-refractivity contribution in [3.63, 3.8) is 0 Å². The molecule has 5 nitrogen and oxygen atoms in total. The van der Waals surface area contributed by atoms with E-state index in [4.69, 9.17) is 4.55 Å². The molecule has 0 radical (unpaired) electrons. The van der Waals surface area contributed by atoms with Crippen LogP contribution >= 0.6 is 0 Å². The Morgan fingerprint density at radius 2 is 1.14 bits per heavy atom. The molecule has 0 fully saturated rings. The van der Waals surface area contributed by atoms with Gasteiger partial charge in [0.2, 0.25) is 0 Å². The van der Waals surface area contributed by atoms with Crippen LogP contribution in [-0.4, -0.2) is 31.2 Å². The molecule has 0 spiro atoms. The molecule has 0 aromatic rings. The van der Waals surface area contributed by atoms with E-state index >= 15 is 0 Å². The molecule has 0 aromatic heterocycles. The molecular weight excluding hydrogens is 397 g/mol. The molecule has 168 valence electrons. The van der Waals surface area contributed by atoms with Crippen molar-refractivity contribution in [2.45, 2.75) is 122 Å². The van der Waals surface area contributed by atoms with E-state index in [0.717, 1.165) is 12.8 Å². The van der Waals surface area contributed by atoms with Crippen molar-refractivity contribution in [3.05, 3.63) is 0 Å². The molecule has 0 saturated carbocycles. The predicted molar refractivity (Wildman–Crippen MR) is 117 cm³/mol. The van der Waals surface area contributed by atoms with Gasteiger partial charge in [0.15, 0.2) is 0 Å². The van der Waals surface area contributed by atoms with Crippen LogP contribution in [0.4, 0.5) is 0 Å². The average molecular weight is 442 g/mol. The van der Waals surface area contributed by atoms with Gasteiger partial charge >= 0.3 is 29.6 Å². The molecule has 0 aliphatic heterocycles. The van der Waals surface area contributed by atoms with Crippen LogP contribution in [0.15, 0.2) is 4.99 Å². The number of aliphatic imine (C=N–C) groups is 1. The van der Waals surface area contributed by atoms with Crippen LogP contribution in [0, 0.1) is 0 Å². The van der Waals surface area contributed by atoms with Crippen molar-refractivity contribution in [1.82, 2.24) is 0 Å². The summed E-state index contributed by atoms with van der Waals surface area (Å²) in [6, 6.07) is 0. The molecule has 0 bridgehead atoms. The number of hydrogen-bond acceptors (Lipinski definition) is 4. The molecule has 7 heteroatoms. The standard InChI is InChI=1S/C22H45NO4S.Na/c1-2-3-4-5-6-7-8-9-10-11-12-13-14-15-16-19-22(24)23-20-17-18-21-28(25,26)27;/h2-21H2,1H3,(H,23,24)(H,25,26,27);/q;+1/p-1. The Hall–Kier alpha value is 0.380. The third-order valence-electron chi connectivity index (χ3n) is 5.09. The van der Waals surface area contributed by atoms with Gasteiger partial charge in [-0.3, -0.25) is 4.55 Å². The van der Waals surface area contributed by atoms with Crippen LogP contribution in [0.1, 0.15) is 122 Å². The minimum absolute atomic E-state index is 0. The largest absolute Gasteiger partial charge is 1.00 e. The van der Waals surface area contributed by atoms with Gasteiger partial charge in [-0.2, -0.15) is 8.42 Å². The van der Waals surface area contributed by atoms with Gasteiger partial charge in [0, 0.05) is 6.54 Å². The Kier molecular flexibility index (Phi) is 25.1. The van der Waals surface area contributed by atoms with E-state index in [9.17, 15) is 13.5 Å². The molecule has 0 aliphatic rings. The zero-order valence-corrected chi connectivity index (χ0v) is 22.0. The van der Waals surface area contributed by atoms with Gasteiger partial charge in [-0.25, -0.2) is 0 Å². The van der Waals surface area contributed by atoms with Crippen molar-refractivity contribution < 1.29 is 47.6 Å². The van der Waals surface area contributed by atoms with Gasteiger partial charge in [0.1, 0.15) is 0 Å². The van der Waals surface area contributed by atoms with Crippen LogP contribution in [-0.2, 0) is 10.1 Å². The number of unbranched alkanes of at least 4 members (excludes halogenated alkanes) is 15. The molecular formula is C22H44NNaO4S. The first-order valence-corrected chi connectivity index (χ1v) is 13.2. The van der Waals surface area contributed by atoms with Gasteiger partial charge in [0.25, 0.3) is 10.1 Å². The molecule has 0 unspecified atom stereocenters. The van der Waals surface area contributed by atoms with E-state index in [1.54, 1.807) is 0 Å². The summed E-state index contributed by atoms with van der Waals surface area (Å²) in [6.07, 6.45) is 20.9. The second-order valence-electron chi connectivity index (χ2n) is 7.97. The first-order valence-electron chi connectivity index (χ1n) is 11.6. The third-order valence-corrected chi connectivity index (χ3v) is 5.90. The molecule has 1 N–H and O–H groups in total. The maximum Gasteiger partial charge on any atom is 1.00 e. The van der Waals surface area contributed by atoms with Gasteiger partial charge in [-0.1, -0.05) is 96.8 Å². The molecule has 0 rings (SSSR count). The minimum atomic E-state index is -3.89. The zero-order valence-electron chi connectivity index (χ0n) is 19.2. The second kappa shape index (κ2) is 23.1. The van der Waals surface area contributed by atoms with E-state index in [-0.39, 0.29) is 41.2 Å². The Morgan fingerprint density at radius 1 is 0.724 bits per heavy atom. The van der Waals surface area contributed by atoms with Crippen LogP contribution < -0.4 is 34.7 Å². The number of rotatable bonds is 21. The van der Waals surface area contributed by atoms with Crippen LogP contribution in [0.3, 0.4) is 0 Å². The Morgan fingerprint density at radius 3 is 1.55 bits per heavy atom. The molecule has 0 saturated heterocycles. The van der Waals surface area contributed by atoms with Gasteiger partial charge in [0.05, 0.1) is 5.75 Å². The van der Waals surface area contributed by atoms with E-state index in [2.05, 4.69) is 11.9 Å². The number of hydrogen-bond donors (Lipinski definition) is 1. The van der Waals surface area contributed by atoms with Crippen LogP contribution in [0.25, 0.3) is 0 Å². The van der Waals surface area contributed by atoms with Gasteiger partial charge < -0.3 is 10.1 Å². The fraction of sp³-hybridized carbons (Fsp3) is 0.955. The van der Waals surface area contributed by atoms with Crippen molar-refractivity contribution in [2.75, 3.05) is 12.3 Å². The average Bonchev–Trinajstić information content (AvgIpc) is 2.63. The molecule has 0 heterocycles. The van der Waals surface area contributed by atoms with E-state index in [1.807, 2.05) is 0 Å². The fourth-order valence-corrected chi connectivity index (χ4v) is 3.90. The first-order chi connectivity index (χ1) is 13.5. The van der Waals surface area contributed by atoms with Gasteiger partial charge in [-0.05, 0) is 31.6 Å². The van der Waals surface area contributed by atoms with E-state index in [1.165, 1.54) is 83.5 Å². The first kappa shape index (κ1) is 31.6. The zero-order chi connectivity index (χ0) is 20.9. The summed E-state index contributed by atoms with van der Waals surface area (Å²) in [5, 5.41) is 11.6. The summed E-state index contributed by atoms with van der Waals surface area (Å²) in [5.41, 5.74) is 0. The maximum absolute atomic E-state index is 11.6. The van der Waals surface area contributed by atoms with Crippen LogP contribution in [0.5, 0.6) is 0 Å². The Labute approximate surface area is 202 Å². The molecule has 0 aromatic carbocycles. The quantitative estimate of drug-likeness (QED) is 0.0975. The summed E-state index contributed by atoms with van der Waals surface area (Å²) in [4.78, 5) is 3.93. The molecule has 0 aliphatic carbocycles. The van der Waals surface area contributed by atoms with Crippen molar-refractivity contribution >= 4 is 16.0 Å². The fourth-order valence-electron chi connectivity index (χ4n) is 3.33. The molecule has 29 heavy (non-hydrogen) atoms. The third kappa shape index (κ3) is 28.4. The summed E-state index contributed by atoms with van der Waals surface area (Å²) < 4.78 is 29.7. The van der Waals surface area contributed by atoms with Crippen LogP contribution in [0.2, 0.25) is 0 Å². The monoisotopic (exact) mass is 441 g/mol. The Bertz CT molecular complexity index is 469. The smallest absolute Gasteiger partial charge is 0.862 e. The predicted octanol–water partition coefficient (Wildman–Crippen LogP) is 2.68. The Balaban J connectivity index is 0. The summed E-state index contributed by atoms with van der Waals surface area (Å²) in [5.74, 6) is -0.336. The summed E-state index contributed by atoms with van der Waals surface area (Å²) >= 11 is 0. The second-order valence-corrected chi connectivity index (χ2v) is 9.54. The summed E-state index contributed by atoms with van der Waals surface area (Å²) in [7, 11) is -3.89. The van der Waals surface area contributed by atoms with Gasteiger partial charge in [-0.15, -0.1) is 0 Å². The van der Waals surface area contributed by atoms with E-state index < -0.39 is 10.1 Å². The van der Waals surface area contributed by atoms with Crippen molar-refractivity contribution in [3.8, 4) is 0 Å². The maximum atomic E-state index is 11.6. The summed E-state index contributed by atoms with van der Waals surface area (Å²) in [6.45, 7) is 2.62.